The molecule has 4 aromatic rings. The second kappa shape index (κ2) is 14.2. The fraction of sp³-hybridized carbons (Fsp3) is 0.200. The molecule has 220 valence electrons. The summed E-state index contributed by atoms with van der Waals surface area (Å²) in [7, 11) is 0. The van der Waals surface area contributed by atoms with E-state index in [-0.39, 0.29) is 18.9 Å². The Kier molecular flexibility index (Phi) is 9.89. The third kappa shape index (κ3) is 7.14. The van der Waals surface area contributed by atoms with Crippen molar-refractivity contribution in [2.24, 2.45) is 4.99 Å². The number of ether oxygens (including phenoxy) is 2. The second-order valence-electron chi connectivity index (χ2n) is 10.2. The summed E-state index contributed by atoms with van der Waals surface area (Å²) >= 11 is 6.01. The first kappa shape index (κ1) is 30.0. The molecule has 4 aromatic carbocycles. The topological polar surface area (TPSA) is 92.2 Å². The van der Waals surface area contributed by atoms with E-state index in [1.807, 2.05) is 78.9 Å². The van der Waals surface area contributed by atoms with Crippen molar-refractivity contribution in [3.05, 3.63) is 137 Å². The quantitative estimate of drug-likeness (QED) is 0.0942. The Morgan fingerprint density at radius 3 is 2.30 bits per heavy atom. The highest BCUT2D eigenvalue weighted by Crippen LogP contribution is 2.43. The van der Waals surface area contributed by atoms with Crippen molar-refractivity contribution in [3.8, 4) is 16.9 Å². The Hall–Kier alpha value is -4.43. The van der Waals surface area contributed by atoms with Crippen LogP contribution in [-0.2, 0) is 16.1 Å². The van der Waals surface area contributed by atoms with E-state index in [2.05, 4.69) is 29.6 Å². The van der Waals surface area contributed by atoms with Crippen molar-refractivity contribution in [2.75, 3.05) is 13.2 Å². The van der Waals surface area contributed by atoms with Gasteiger partial charge in [0.15, 0.2) is 11.6 Å². The van der Waals surface area contributed by atoms with E-state index >= 15 is 0 Å². The van der Waals surface area contributed by atoms with Gasteiger partial charge < -0.3 is 14.6 Å². The number of nitrogens with one attached hydrogen (secondary N) is 2. The van der Waals surface area contributed by atoms with E-state index in [0.29, 0.717) is 41.8 Å². The van der Waals surface area contributed by atoms with Gasteiger partial charge in [0.1, 0.15) is 5.75 Å². The highest BCUT2D eigenvalue weighted by Gasteiger charge is 2.52. The van der Waals surface area contributed by atoms with Crippen LogP contribution < -0.4 is 15.6 Å². The Labute approximate surface area is 256 Å². The fourth-order valence-corrected chi connectivity index (χ4v) is 5.08. The van der Waals surface area contributed by atoms with Crippen LogP contribution in [0.15, 0.2) is 121 Å². The van der Waals surface area contributed by atoms with Gasteiger partial charge in [-0.15, -0.1) is 6.58 Å². The number of aliphatic hydroxyl groups excluding tert-OH is 1. The van der Waals surface area contributed by atoms with Gasteiger partial charge in [-0.3, -0.25) is 10.2 Å². The number of halogens is 1. The lowest BCUT2D eigenvalue weighted by molar-refractivity contribution is -0.129. The molecule has 0 aliphatic carbocycles. The first-order valence-electron chi connectivity index (χ1n) is 14.2. The van der Waals surface area contributed by atoms with Crippen LogP contribution >= 0.6 is 11.6 Å². The van der Waals surface area contributed by atoms with E-state index in [1.54, 1.807) is 18.2 Å². The van der Waals surface area contributed by atoms with Gasteiger partial charge in [0, 0.05) is 36.6 Å². The molecule has 0 radical (unpaired) electrons. The second-order valence-corrected chi connectivity index (χ2v) is 10.6. The Balaban J connectivity index is 1.43. The van der Waals surface area contributed by atoms with Crippen molar-refractivity contribution < 1.29 is 19.4 Å². The predicted molar refractivity (Wildman–Crippen MR) is 170 cm³/mol. The molecule has 0 fully saturated rings. The van der Waals surface area contributed by atoms with Crippen molar-refractivity contribution in [3.63, 3.8) is 0 Å². The zero-order valence-electron chi connectivity index (χ0n) is 23.7. The van der Waals surface area contributed by atoms with Gasteiger partial charge in [-0.25, -0.2) is 10.4 Å². The molecule has 0 saturated carbocycles. The molecule has 43 heavy (non-hydrogen) atoms. The SMILES string of the molecule is C=CC[C@]1(C(=O)NNCc2ccc(Cl)cc2)N=C(c2ccc(OCCCO)cc2)O[C@H]1c1ccc(-c2ccccc2)cc1. The summed E-state index contributed by atoms with van der Waals surface area (Å²) in [4.78, 5) is 18.9. The highest BCUT2D eigenvalue weighted by atomic mass is 35.5. The van der Waals surface area contributed by atoms with Crippen LogP contribution in [0.2, 0.25) is 5.02 Å². The lowest BCUT2D eigenvalue weighted by Crippen LogP contribution is -2.52. The molecule has 1 aliphatic rings. The molecule has 0 spiro atoms. The van der Waals surface area contributed by atoms with Gasteiger partial charge in [0.2, 0.25) is 5.90 Å². The molecular weight excluding hydrogens is 562 g/mol. The van der Waals surface area contributed by atoms with Crippen LogP contribution in [0.5, 0.6) is 5.75 Å². The van der Waals surface area contributed by atoms with Crippen LogP contribution in [0.25, 0.3) is 11.1 Å². The van der Waals surface area contributed by atoms with E-state index in [0.717, 1.165) is 22.3 Å². The van der Waals surface area contributed by atoms with Gasteiger partial charge in [-0.2, -0.15) is 0 Å². The van der Waals surface area contributed by atoms with Gasteiger partial charge in [-0.05, 0) is 58.7 Å². The molecule has 7 nitrogen and oxygen atoms in total. The molecule has 1 aliphatic heterocycles. The largest absolute Gasteiger partial charge is 0.494 e. The zero-order valence-corrected chi connectivity index (χ0v) is 24.5. The third-order valence-electron chi connectivity index (χ3n) is 7.21. The minimum absolute atomic E-state index is 0.0679. The molecule has 0 aromatic heterocycles. The summed E-state index contributed by atoms with van der Waals surface area (Å²) in [6.07, 6.45) is 1.78. The molecule has 5 rings (SSSR count). The maximum Gasteiger partial charge on any atom is 0.266 e. The standard InChI is InChI=1S/C35H34ClN3O4/c1-2-21-35(34(41)39-37-24-25-9-17-30(36)18-10-25)32(28-13-11-27(12-14-28)26-7-4-3-5-8-26)43-33(38-35)29-15-19-31(20-16-29)42-23-6-22-40/h2-5,7-20,32,37,40H,1,6,21-24H2,(H,39,41)/t32-,35-/m0/s1. The molecule has 0 unspecified atom stereocenters. The van der Waals surface area contributed by atoms with Gasteiger partial charge in [-0.1, -0.05) is 84.4 Å². The normalized spacial score (nSPS) is 17.5. The van der Waals surface area contributed by atoms with Crippen LogP contribution in [0.4, 0.5) is 0 Å². The van der Waals surface area contributed by atoms with Gasteiger partial charge in [0.05, 0.1) is 6.61 Å². The van der Waals surface area contributed by atoms with Crippen LogP contribution in [-0.4, -0.2) is 35.7 Å². The number of rotatable bonds is 13. The zero-order chi connectivity index (χ0) is 30.1. The van der Waals surface area contributed by atoms with Crippen LogP contribution in [0.3, 0.4) is 0 Å². The fourth-order valence-electron chi connectivity index (χ4n) is 4.95. The molecule has 1 heterocycles. The average Bonchev–Trinajstić information content (AvgIpc) is 3.43. The Bertz CT molecular complexity index is 1540. The highest BCUT2D eigenvalue weighted by molar-refractivity contribution is 6.30. The third-order valence-corrected chi connectivity index (χ3v) is 7.47. The molecule has 2 atom stereocenters. The predicted octanol–water partition coefficient (Wildman–Crippen LogP) is 6.42. The molecule has 8 heteroatoms. The van der Waals surface area contributed by atoms with E-state index < -0.39 is 11.6 Å². The minimum Gasteiger partial charge on any atom is -0.494 e. The van der Waals surface area contributed by atoms with Gasteiger partial charge in [0.25, 0.3) is 5.91 Å². The number of carbonyl (C=O) groups is 1. The molecule has 1 amide bonds. The van der Waals surface area contributed by atoms with Crippen LogP contribution in [0.1, 0.15) is 35.6 Å². The number of hydrogen-bond donors (Lipinski definition) is 3. The summed E-state index contributed by atoms with van der Waals surface area (Å²) < 4.78 is 12.2. The average molecular weight is 596 g/mol. The number of hydrogen-bond acceptors (Lipinski definition) is 6. The van der Waals surface area contributed by atoms with E-state index in [9.17, 15) is 4.79 Å². The van der Waals surface area contributed by atoms with Crippen LogP contribution in [0, 0.1) is 0 Å². The van der Waals surface area contributed by atoms with Crippen molar-refractivity contribution in [2.45, 2.75) is 31.0 Å². The number of nitrogens with zero attached hydrogens (tertiary/aromatic N) is 1. The van der Waals surface area contributed by atoms with Gasteiger partial charge >= 0.3 is 0 Å². The first-order valence-corrected chi connectivity index (χ1v) is 14.5. The molecule has 0 saturated heterocycles. The summed E-state index contributed by atoms with van der Waals surface area (Å²) in [6, 6.07) is 32.9. The maximum absolute atomic E-state index is 14.0. The summed E-state index contributed by atoms with van der Waals surface area (Å²) in [5.41, 5.74) is 9.24. The maximum atomic E-state index is 14.0. The van der Waals surface area contributed by atoms with E-state index in [4.69, 9.17) is 31.2 Å². The first-order chi connectivity index (χ1) is 21.0. The number of benzene rings is 4. The number of carbonyl (C=O) groups excluding carboxylic acids is 1. The number of hydrazine groups is 1. The minimum atomic E-state index is -1.31. The Morgan fingerprint density at radius 2 is 1.63 bits per heavy atom. The molecule has 0 bridgehead atoms. The van der Waals surface area contributed by atoms with E-state index in [1.165, 1.54) is 0 Å². The Morgan fingerprint density at radius 1 is 0.953 bits per heavy atom. The lowest BCUT2D eigenvalue weighted by atomic mass is 9.84. The molecular formula is C35H34ClN3O4. The summed E-state index contributed by atoms with van der Waals surface area (Å²) in [5, 5.41) is 9.67. The summed E-state index contributed by atoms with van der Waals surface area (Å²) in [6.45, 7) is 4.83. The summed E-state index contributed by atoms with van der Waals surface area (Å²) in [5.74, 6) is 0.691. The number of aliphatic imine (C=N–C) groups is 1. The number of amides is 1. The number of aliphatic hydroxyl groups is 1. The van der Waals surface area contributed by atoms with Crippen molar-refractivity contribution in [1.82, 2.24) is 10.9 Å². The monoisotopic (exact) mass is 595 g/mol. The smallest absolute Gasteiger partial charge is 0.266 e. The lowest BCUT2D eigenvalue weighted by Gasteiger charge is -2.29. The van der Waals surface area contributed by atoms with Crippen molar-refractivity contribution in [1.29, 1.82) is 0 Å². The van der Waals surface area contributed by atoms with Crippen molar-refractivity contribution >= 4 is 23.4 Å². The molecule has 3 N–H and O–H groups in total.